The molecule has 96 valence electrons. The number of hydrogen-bond acceptors (Lipinski definition) is 1. The van der Waals surface area contributed by atoms with Crippen molar-refractivity contribution in [2.75, 3.05) is 25.0 Å². The zero-order valence-electron chi connectivity index (χ0n) is 11.1. The van der Waals surface area contributed by atoms with E-state index in [1.807, 2.05) is 0 Å². The molecular weight excluding hydrogens is 262 g/mol. The van der Waals surface area contributed by atoms with E-state index in [-0.39, 0.29) is 0 Å². The monoisotopic (exact) mass is 289 g/mol. The molecule has 0 N–H and O–H groups in total. The molecule has 0 amide bonds. The van der Waals surface area contributed by atoms with Crippen LogP contribution in [0.1, 0.15) is 52.4 Å². The molecule has 0 aromatic carbocycles. The topological polar surface area (TPSA) is 3.24 Å². The van der Waals surface area contributed by atoms with Gasteiger partial charge in [-0.25, -0.2) is 0 Å². The van der Waals surface area contributed by atoms with Crippen molar-refractivity contribution in [3.05, 3.63) is 0 Å². The number of likely N-dealkylation sites (tertiary alicyclic amines) is 1. The highest BCUT2D eigenvalue weighted by Crippen LogP contribution is 2.22. The smallest absolute Gasteiger partial charge is 0.00717 e. The second kappa shape index (κ2) is 8.52. The lowest BCUT2D eigenvalue weighted by molar-refractivity contribution is 0.242. The molecule has 1 fully saturated rings. The molecule has 1 aliphatic heterocycles. The van der Waals surface area contributed by atoms with Crippen LogP contribution in [0.4, 0.5) is 0 Å². The molecule has 0 aliphatic carbocycles. The van der Waals surface area contributed by atoms with E-state index >= 15 is 0 Å². The summed E-state index contributed by atoms with van der Waals surface area (Å²) >= 11 is 3.63. The van der Waals surface area contributed by atoms with E-state index in [4.69, 9.17) is 0 Å². The molecule has 0 aromatic heterocycles. The molecule has 0 saturated carbocycles. The summed E-state index contributed by atoms with van der Waals surface area (Å²) in [7, 11) is 0. The number of rotatable bonds is 6. The van der Waals surface area contributed by atoms with E-state index in [2.05, 4.69) is 34.7 Å². The SMILES string of the molecule is CCCC1CCCN(CC(CC)CBr)CC1. The third-order valence-electron chi connectivity index (χ3n) is 3.95. The maximum atomic E-state index is 3.63. The second-order valence-corrected chi connectivity index (χ2v) is 5.96. The maximum Gasteiger partial charge on any atom is 0.00717 e. The number of halogens is 1. The third kappa shape index (κ3) is 5.18. The average molecular weight is 290 g/mol. The predicted molar refractivity (Wildman–Crippen MR) is 76.3 cm³/mol. The number of nitrogens with zero attached hydrogens (tertiary/aromatic N) is 1. The molecule has 1 saturated heterocycles. The molecule has 0 spiro atoms. The highest BCUT2D eigenvalue weighted by molar-refractivity contribution is 9.09. The van der Waals surface area contributed by atoms with Crippen molar-refractivity contribution in [3.63, 3.8) is 0 Å². The Labute approximate surface area is 110 Å². The van der Waals surface area contributed by atoms with Gasteiger partial charge >= 0.3 is 0 Å². The quantitative estimate of drug-likeness (QED) is 0.659. The maximum absolute atomic E-state index is 3.63. The van der Waals surface area contributed by atoms with E-state index < -0.39 is 0 Å². The van der Waals surface area contributed by atoms with Crippen molar-refractivity contribution in [1.82, 2.24) is 4.90 Å². The summed E-state index contributed by atoms with van der Waals surface area (Å²) in [4.78, 5) is 2.70. The fraction of sp³-hybridized carbons (Fsp3) is 1.00. The van der Waals surface area contributed by atoms with Crippen LogP contribution in [0, 0.1) is 11.8 Å². The van der Waals surface area contributed by atoms with Crippen molar-refractivity contribution >= 4 is 15.9 Å². The van der Waals surface area contributed by atoms with Gasteiger partial charge in [0.05, 0.1) is 0 Å². The first-order valence-corrected chi connectivity index (χ1v) is 8.20. The van der Waals surface area contributed by atoms with Gasteiger partial charge in [0.2, 0.25) is 0 Å². The summed E-state index contributed by atoms with van der Waals surface area (Å²) in [5, 5.41) is 1.17. The van der Waals surface area contributed by atoms with E-state index in [0.717, 1.165) is 11.8 Å². The molecule has 2 heteroatoms. The summed E-state index contributed by atoms with van der Waals surface area (Å²) in [5.74, 6) is 1.86. The standard InChI is InChI=1S/C14H28BrN/c1-3-6-14-7-5-9-16(10-8-14)12-13(4-2)11-15/h13-14H,3-12H2,1-2H3. The lowest BCUT2D eigenvalue weighted by Gasteiger charge is -2.24. The summed E-state index contributed by atoms with van der Waals surface area (Å²) in [6, 6.07) is 0. The van der Waals surface area contributed by atoms with Gasteiger partial charge in [0, 0.05) is 11.9 Å². The predicted octanol–water partition coefficient (Wildman–Crippen LogP) is 4.31. The van der Waals surface area contributed by atoms with Crippen LogP contribution in [0.3, 0.4) is 0 Å². The summed E-state index contributed by atoms with van der Waals surface area (Å²) in [6.45, 7) is 8.61. The van der Waals surface area contributed by atoms with Gasteiger partial charge in [0.15, 0.2) is 0 Å². The molecule has 2 atom stereocenters. The molecule has 1 nitrogen and oxygen atoms in total. The Morgan fingerprint density at radius 1 is 1.25 bits per heavy atom. The molecule has 1 heterocycles. The van der Waals surface area contributed by atoms with Crippen LogP contribution < -0.4 is 0 Å². The number of alkyl halides is 1. The average Bonchev–Trinajstić information content (AvgIpc) is 2.52. The third-order valence-corrected chi connectivity index (χ3v) is 4.86. The van der Waals surface area contributed by atoms with Crippen molar-refractivity contribution in [3.8, 4) is 0 Å². The van der Waals surface area contributed by atoms with Gasteiger partial charge in [-0.1, -0.05) is 49.0 Å². The zero-order chi connectivity index (χ0) is 11.8. The van der Waals surface area contributed by atoms with Crippen LogP contribution >= 0.6 is 15.9 Å². The fourth-order valence-corrected chi connectivity index (χ4v) is 3.42. The summed E-state index contributed by atoms with van der Waals surface area (Å²) in [5.41, 5.74) is 0. The van der Waals surface area contributed by atoms with Crippen molar-refractivity contribution in [1.29, 1.82) is 0 Å². The molecule has 2 unspecified atom stereocenters. The van der Waals surface area contributed by atoms with Crippen LogP contribution in [0.2, 0.25) is 0 Å². The molecule has 0 bridgehead atoms. The Bertz CT molecular complexity index is 168. The van der Waals surface area contributed by atoms with Gasteiger partial charge in [-0.05, 0) is 44.2 Å². The molecular formula is C14H28BrN. The first kappa shape index (κ1) is 14.5. The fourth-order valence-electron chi connectivity index (χ4n) is 2.76. The van der Waals surface area contributed by atoms with Crippen LogP contribution in [-0.2, 0) is 0 Å². The molecule has 0 radical (unpaired) electrons. The first-order chi connectivity index (χ1) is 7.80. The van der Waals surface area contributed by atoms with Crippen molar-refractivity contribution < 1.29 is 0 Å². The highest BCUT2D eigenvalue weighted by Gasteiger charge is 2.18. The normalized spacial score (nSPS) is 25.3. The minimum Gasteiger partial charge on any atom is -0.303 e. The van der Waals surface area contributed by atoms with Crippen molar-refractivity contribution in [2.24, 2.45) is 11.8 Å². The Balaban J connectivity index is 2.29. The zero-order valence-corrected chi connectivity index (χ0v) is 12.6. The van der Waals surface area contributed by atoms with Gasteiger partial charge in [-0.15, -0.1) is 0 Å². The van der Waals surface area contributed by atoms with Gasteiger partial charge in [0.25, 0.3) is 0 Å². The lowest BCUT2D eigenvalue weighted by atomic mass is 9.96. The Hall–Kier alpha value is 0.440. The van der Waals surface area contributed by atoms with Gasteiger partial charge in [-0.3, -0.25) is 0 Å². The molecule has 1 rings (SSSR count). The van der Waals surface area contributed by atoms with Crippen LogP contribution in [0.5, 0.6) is 0 Å². The van der Waals surface area contributed by atoms with Crippen LogP contribution in [0.15, 0.2) is 0 Å². The second-order valence-electron chi connectivity index (χ2n) is 5.31. The van der Waals surface area contributed by atoms with E-state index in [1.54, 1.807) is 0 Å². The molecule has 16 heavy (non-hydrogen) atoms. The van der Waals surface area contributed by atoms with E-state index in [0.29, 0.717) is 0 Å². The minimum absolute atomic E-state index is 0.850. The van der Waals surface area contributed by atoms with Crippen LogP contribution in [0.25, 0.3) is 0 Å². The lowest BCUT2D eigenvalue weighted by Crippen LogP contribution is -2.31. The number of hydrogen-bond donors (Lipinski definition) is 0. The van der Waals surface area contributed by atoms with E-state index in [9.17, 15) is 0 Å². The summed E-state index contributed by atoms with van der Waals surface area (Å²) < 4.78 is 0. The summed E-state index contributed by atoms with van der Waals surface area (Å²) in [6.07, 6.45) is 8.44. The Morgan fingerprint density at radius 2 is 2.06 bits per heavy atom. The van der Waals surface area contributed by atoms with E-state index in [1.165, 1.54) is 63.5 Å². The molecule has 1 aliphatic rings. The first-order valence-electron chi connectivity index (χ1n) is 7.08. The van der Waals surface area contributed by atoms with Gasteiger partial charge in [0.1, 0.15) is 0 Å². The minimum atomic E-state index is 0.850. The largest absolute Gasteiger partial charge is 0.303 e. The molecule has 0 aromatic rings. The Morgan fingerprint density at radius 3 is 2.69 bits per heavy atom. The highest BCUT2D eigenvalue weighted by atomic mass is 79.9. The van der Waals surface area contributed by atoms with Crippen LogP contribution in [-0.4, -0.2) is 29.9 Å². The van der Waals surface area contributed by atoms with Gasteiger partial charge < -0.3 is 4.90 Å². The van der Waals surface area contributed by atoms with Gasteiger partial charge in [-0.2, -0.15) is 0 Å². The Kier molecular flexibility index (Phi) is 7.72. The van der Waals surface area contributed by atoms with Crippen molar-refractivity contribution in [2.45, 2.75) is 52.4 Å².